The molecule has 0 spiro atoms. The SMILES string of the molecule is CCCCCCCCNC(O)[C@@H](O)[C@@H](O)[C@H](O)[C@@H](O)CO. The number of nitrogens with one attached hydrogen (secondary N) is 1. The van der Waals surface area contributed by atoms with Crippen molar-refractivity contribution < 1.29 is 30.6 Å². The van der Waals surface area contributed by atoms with Crippen LogP contribution in [-0.4, -0.2) is 74.4 Å². The van der Waals surface area contributed by atoms with Crippen molar-refractivity contribution in [3.05, 3.63) is 0 Å². The smallest absolute Gasteiger partial charge is 0.133 e. The minimum absolute atomic E-state index is 0.482. The maximum atomic E-state index is 9.66. The van der Waals surface area contributed by atoms with E-state index in [-0.39, 0.29) is 0 Å². The Labute approximate surface area is 126 Å². The van der Waals surface area contributed by atoms with Gasteiger partial charge in [-0.15, -0.1) is 0 Å². The van der Waals surface area contributed by atoms with E-state index < -0.39 is 37.3 Å². The molecule has 0 heterocycles. The van der Waals surface area contributed by atoms with Crippen LogP contribution in [0.15, 0.2) is 0 Å². The number of rotatable bonds is 13. The van der Waals surface area contributed by atoms with Gasteiger partial charge >= 0.3 is 0 Å². The standard InChI is InChI=1S/C14H31NO6/c1-2-3-4-5-6-7-8-15-14(21)13(20)12(19)11(18)10(17)9-16/h10-21H,2-9H2,1H3/t10-,11+,12-,13-,14?/m0/s1. The summed E-state index contributed by atoms with van der Waals surface area (Å²) in [5, 5.41) is 58.8. The summed E-state index contributed by atoms with van der Waals surface area (Å²) in [6, 6.07) is 0. The molecule has 0 amide bonds. The predicted molar refractivity (Wildman–Crippen MR) is 78.5 cm³/mol. The third-order valence-electron chi connectivity index (χ3n) is 3.49. The molecule has 0 fully saturated rings. The lowest BCUT2D eigenvalue weighted by Gasteiger charge is -2.28. The molecule has 1 unspecified atom stereocenters. The molecular weight excluding hydrogens is 278 g/mol. The van der Waals surface area contributed by atoms with Crippen molar-refractivity contribution in [2.24, 2.45) is 0 Å². The normalized spacial score (nSPS) is 19.0. The summed E-state index contributed by atoms with van der Waals surface area (Å²) in [6.45, 7) is 1.88. The molecule has 7 nitrogen and oxygen atoms in total. The van der Waals surface area contributed by atoms with Gasteiger partial charge in [-0.05, 0) is 13.0 Å². The van der Waals surface area contributed by atoms with Gasteiger partial charge in [-0.1, -0.05) is 39.0 Å². The highest BCUT2D eigenvalue weighted by Crippen LogP contribution is 2.08. The summed E-state index contributed by atoms with van der Waals surface area (Å²) in [5.41, 5.74) is 0. The van der Waals surface area contributed by atoms with Crippen molar-refractivity contribution in [1.29, 1.82) is 0 Å². The molecule has 21 heavy (non-hydrogen) atoms. The van der Waals surface area contributed by atoms with Gasteiger partial charge in [0, 0.05) is 0 Å². The zero-order chi connectivity index (χ0) is 16.3. The van der Waals surface area contributed by atoms with E-state index in [0.717, 1.165) is 19.3 Å². The van der Waals surface area contributed by atoms with Gasteiger partial charge in [-0.25, -0.2) is 0 Å². The van der Waals surface area contributed by atoms with Crippen molar-refractivity contribution in [3.8, 4) is 0 Å². The number of aliphatic hydroxyl groups excluding tert-OH is 6. The molecule has 7 heteroatoms. The van der Waals surface area contributed by atoms with E-state index in [1.54, 1.807) is 0 Å². The predicted octanol–water partition coefficient (Wildman–Crippen LogP) is -1.31. The van der Waals surface area contributed by atoms with Crippen molar-refractivity contribution >= 4 is 0 Å². The molecule has 0 radical (unpaired) electrons. The molecular formula is C14H31NO6. The molecule has 0 saturated carbocycles. The van der Waals surface area contributed by atoms with Gasteiger partial charge < -0.3 is 30.6 Å². The fraction of sp³-hybridized carbons (Fsp3) is 1.00. The number of hydrogen-bond donors (Lipinski definition) is 7. The molecule has 0 aromatic rings. The van der Waals surface area contributed by atoms with E-state index in [1.807, 2.05) is 0 Å². The zero-order valence-electron chi connectivity index (χ0n) is 12.7. The second-order valence-corrected chi connectivity index (χ2v) is 5.39. The summed E-state index contributed by atoms with van der Waals surface area (Å²) >= 11 is 0. The first kappa shape index (κ1) is 20.7. The van der Waals surface area contributed by atoms with Gasteiger partial charge in [0.15, 0.2) is 0 Å². The molecule has 0 aliphatic rings. The Kier molecular flexibility index (Phi) is 12.1. The quantitative estimate of drug-likeness (QED) is 0.166. The van der Waals surface area contributed by atoms with Crippen LogP contribution in [0.3, 0.4) is 0 Å². The van der Waals surface area contributed by atoms with E-state index in [1.165, 1.54) is 19.3 Å². The molecule has 0 rings (SSSR count). The Bertz CT molecular complexity index is 244. The van der Waals surface area contributed by atoms with Gasteiger partial charge in [0.05, 0.1) is 6.61 Å². The second-order valence-electron chi connectivity index (χ2n) is 5.39. The third kappa shape index (κ3) is 8.67. The third-order valence-corrected chi connectivity index (χ3v) is 3.49. The Balaban J connectivity index is 3.85. The van der Waals surface area contributed by atoms with Gasteiger partial charge in [-0.3, -0.25) is 5.32 Å². The minimum atomic E-state index is -1.75. The Morgan fingerprint density at radius 3 is 1.90 bits per heavy atom. The monoisotopic (exact) mass is 309 g/mol. The van der Waals surface area contributed by atoms with Crippen LogP contribution in [0.2, 0.25) is 0 Å². The number of hydrogen-bond acceptors (Lipinski definition) is 7. The van der Waals surface area contributed by atoms with Gasteiger partial charge in [0.2, 0.25) is 0 Å². The molecule has 0 aromatic heterocycles. The van der Waals surface area contributed by atoms with Crippen molar-refractivity contribution in [1.82, 2.24) is 5.32 Å². The first-order valence-corrected chi connectivity index (χ1v) is 7.70. The zero-order valence-corrected chi connectivity index (χ0v) is 12.7. The van der Waals surface area contributed by atoms with Gasteiger partial charge in [0.1, 0.15) is 30.6 Å². The van der Waals surface area contributed by atoms with Crippen LogP contribution in [0.4, 0.5) is 0 Å². The fourth-order valence-electron chi connectivity index (χ4n) is 2.00. The van der Waals surface area contributed by atoms with Crippen LogP contribution in [-0.2, 0) is 0 Å². The van der Waals surface area contributed by atoms with Gasteiger partial charge in [0.25, 0.3) is 0 Å². The minimum Gasteiger partial charge on any atom is -0.394 e. The fourth-order valence-corrected chi connectivity index (χ4v) is 2.00. The maximum absolute atomic E-state index is 9.66. The highest BCUT2D eigenvalue weighted by Gasteiger charge is 2.33. The van der Waals surface area contributed by atoms with Crippen LogP contribution >= 0.6 is 0 Å². The lowest BCUT2D eigenvalue weighted by Crippen LogP contribution is -2.53. The van der Waals surface area contributed by atoms with E-state index in [2.05, 4.69) is 12.2 Å². The molecule has 7 N–H and O–H groups in total. The van der Waals surface area contributed by atoms with E-state index in [0.29, 0.717) is 6.54 Å². The van der Waals surface area contributed by atoms with E-state index >= 15 is 0 Å². The summed E-state index contributed by atoms with van der Waals surface area (Å²) < 4.78 is 0. The Morgan fingerprint density at radius 2 is 1.33 bits per heavy atom. The lowest BCUT2D eigenvalue weighted by atomic mass is 10.0. The molecule has 0 bridgehead atoms. The van der Waals surface area contributed by atoms with Crippen LogP contribution in [0.25, 0.3) is 0 Å². The van der Waals surface area contributed by atoms with Crippen LogP contribution in [0, 0.1) is 0 Å². The Hall–Kier alpha value is -0.280. The van der Waals surface area contributed by atoms with Gasteiger partial charge in [-0.2, -0.15) is 0 Å². The molecule has 0 aliphatic heterocycles. The average molecular weight is 309 g/mol. The summed E-state index contributed by atoms with van der Waals surface area (Å²) in [5.74, 6) is 0. The first-order valence-electron chi connectivity index (χ1n) is 7.70. The van der Waals surface area contributed by atoms with Crippen molar-refractivity contribution in [2.75, 3.05) is 13.2 Å². The summed E-state index contributed by atoms with van der Waals surface area (Å²) in [7, 11) is 0. The van der Waals surface area contributed by atoms with Crippen molar-refractivity contribution in [2.45, 2.75) is 76.1 Å². The van der Waals surface area contributed by atoms with Crippen LogP contribution in [0.1, 0.15) is 45.4 Å². The largest absolute Gasteiger partial charge is 0.394 e. The van der Waals surface area contributed by atoms with E-state index in [9.17, 15) is 25.5 Å². The molecule has 0 aromatic carbocycles. The van der Waals surface area contributed by atoms with Crippen LogP contribution < -0.4 is 5.32 Å². The molecule has 5 atom stereocenters. The lowest BCUT2D eigenvalue weighted by molar-refractivity contribution is -0.145. The highest BCUT2D eigenvalue weighted by molar-refractivity contribution is 4.83. The van der Waals surface area contributed by atoms with Crippen LogP contribution in [0.5, 0.6) is 0 Å². The first-order chi connectivity index (χ1) is 9.95. The second kappa shape index (κ2) is 12.3. The molecule has 0 saturated heterocycles. The molecule has 128 valence electrons. The summed E-state index contributed by atoms with van der Waals surface area (Å²) in [4.78, 5) is 0. The van der Waals surface area contributed by atoms with Crippen molar-refractivity contribution in [3.63, 3.8) is 0 Å². The molecule has 0 aliphatic carbocycles. The van der Waals surface area contributed by atoms with E-state index in [4.69, 9.17) is 5.11 Å². The maximum Gasteiger partial charge on any atom is 0.133 e. The number of unbranched alkanes of at least 4 members (excludes halogenated alkanes) is 5. The highest BCUT2D eigenvalue weighted by atomic mass is 16.4. The number of aliphatic hydroxyl groups is 6. The summed E-state index contributed by atoms with van der Waals surface area (Å²) in [6.07, 6.45) is -1.54. The Morgan fingerprint density at radius 1 is 0.762 bits per heavy atom. The average Bonchev–Trinajstić information content (AvgIpc) is 2.50. The topological polar surface area (TPSA) is 133 Å².